The van der Waals surface area contributed by atoms with E-state index in [0.29, 0.717) is 12.3 Å². The largest absolute Gasteiger partial charge is 0.474 e. The summed E-state index contributed by atoms with van der Waals surface area (Å²) in [6.45, 7) is 11.0. The van der Waals surface area contributed by atoms with E-state index in [2.05, 4.69) is 49.9 Å². The maximum atomic E-state index is 11.3. The first-order valence-corrected chi connectivity index (χ1v) is 16.6. The van der Waals surface area contributed by atoms with Crippen LogP contribution in [0.3, 0.4) is 0 Å². The Balaban J connectivity index is 1.52. The van der Waals surface area contributed by atoms with Crippen molar-refractivity contribution in [3.8, 4) is 11.9 Å². The van der Waals surface area contributed by atoms with Crippen molar-refractivity contribution < 1.29 is 19.1 Å². The molecule has 36 heavy (non-hydrogen) atoms. The van der Waals surface area contributed by atoms with Gasteiger partial charge >= 0.3 is 6.09 Å². The molecule has 0 aromatic carbocycles. The average molecular weight is 531 g/mol. The molecule has 0 saturated heterocycles. The van der Waals surface area contributed by atoms with Gasteiger partial charge in [0.25, 0.3) is 0 Å². The molecule has 2 atom stereocenters. The number of rotatable bonds is 7. The van der Waals surface area contributed by atoms with Gasteiger partial charge in [-0.2, -0.15) is 5.26 Å². The molecule has 10 heteroatoms. The summed E-state index contributed by atoms with van der Waals surface area (Å²) in [5, 5.41) is 20.3. The van der Waals surface area contributed by atoms with Crippen LogP contribution in [0.5, 0.6) is 5.88 Å². The molecule has 2 aromatic rings. The number of carbonyl (C=O) groups is 1. The Bertz CT molecular complexity index is 1150. The molecule has 8 nitrogen and oxygen atoms in total. The molecule has 1 fully saturated rings. The number of ether oxygens (including phenoxy) is 1. The summed E-state index contributed by atoms with van der Waals surface area (Å²) in [6.07, 6.45) is 6.04. The SMILES string of the molecule is CN(C(=O)O)C1CCC(Oc2ncnc3sc4c(c23)[C@@H](CC(C#N)O[Si](C)(C)C(C)(C)C)CC4)CC1. The second kappa shape index (κ2) is 10.3. The van der Waals surface area contributed by atoms with Crippen molar-refractivity contribution >= 4 is 36.0 Å². The first-order valence-electron chi connectivity index (χ1n) is 12.9. The summed E-state index contributed by atoms with van der Waals surface area (Å²) in [7, 11) is -0.422. The van der Waals surface area contributed by atoms with Gasteiger partial charge in [0.1, 0.15) is 23.4 Å². The van der Waals surface area contributed by atoms with Crippen molar-refractivity contribution in [1.29, 1.82) is 5.26 Å². The van der Waals surface area contributed by atoms with E-state index in [-0.39, 0.29) is 23.1 Å². The maximum absolute atomic E-state index is 11.3. The monoisotopic (exact) mass is 530 g/mol. The number of carboxylic acid groups (broad SMARTS) is 1. The number of aromatic nitrogens is 2. The van der Waals surface area contributed by atoms with Crippen molar-refractivity contribution in [2.24, 2.45) is 0 Å². The van der Waals surface area contributed by atoms with E-state index in [1.807, 2.05) is 0 Å². The number of hydrogen-bond donors (Lipinski definition) is 1. The highest BCUT2D eigenvalue weighted by Gasteiger charge is 2.41. The minimum Gasteiger partial charge on any atom is -0.474 e. The topological polar surface area (TPSA) is 109 Å². The third kappa shape index (κ3) is 5.38. The van der Waals surface area contributed by atoms with E-state index in [1.165, 1.54) is 15.3 Å². The van der Waals surface area contributed by atoms with Crippen LogP contribution in [0.15, 0.2) is 6.33 Å². The zero-order valence-corrected chi connectivity index (χ0v) is 24.0. The van der Waals surface area contributed by atoms with E-state index < -0.39 is 20.5 Å². The van der Waals surface area contributed by atoms with Gasteiger partial charge in [-0.05, 0) is 74.6 Å². The lowest BCUT2D eigenvalue weighted by Crippen LogP contribution is -2.43. The average Bonchev–Trinajstić information content (AvgIpc) is 3.37. The van der Waals surface area contributed by atoms with E-state index in [4.69, 9.17) is 9.16 Å². The number of thiophene rings is 1. The summed E-state index contributed by atoms with van der Waals surface area (Å²) in [4.78, 5) is 24.0. The van der Waals surface area contributed by atoms with E-state index >= 15 is 0 Å². The fourth-order valence-electron chi connectivity index (χ4n) is 5.15. The van der Waals surface area contributed by atoms with E-state index in [1.54, 1.807) is 24.7 Å². The van der Waals surface area contributed by atoms with Crippen LogP contribution in [0.2, 0.25) is 18.1 Å². The minimum atomic E-state index is -2.06. The third-order valence-corrected chi connectivity index (χ3v) is 14.0. The maximum Gasteiger partial charge on any atom is 0.407 e. The molecule has 196 valence electrons. The normalized spacial score (nSPS) is 23.2. The molecule has 0 spiro atoms. The molecule has 1 saturated carbocycles. The van der Waals surface area contributed by atoms with Crippen LogP contribution < -0.4 is 4.74 Å². The third-order valence-electron chi connectivity index (χ3n) is 8.35. The molecule has 1 unspecified atom stereocenters. The van der Waals surface area contributed by atoms with Gasteiger partial charge in [-0.3, -0.25) is 0 Å². The molecule has 2 heterocycles. The van der Waals surface area contributed by atoms with Crippen LogP contribution in [0.25, 0.3) is 10.2 Å². The summed E-state index contributed by atoms with van der Waals surface area (Å²) < 4.78 is 12.9. The first kappa shape index (κ1) is 26.8. The minimum absolute atomic E-state index is 0.00530. The Morgan fingerprint density at radius 2 is 1.97 bits per heavy atom. The van der Waals surface area contributed by atoms with Crippen LogP contribution >= 0.6 is 11.3 Å². The van der Waals surface area contributed by atoms with E-state index in [0.717, 1.165) is 48.7 Å². The Hall–Kier alpha value is -2.22. The summed E-state index contributed by atoms with van der Waals surface area (Å²) in [6, 6.07) is 2.47. The quantitative estimate of drug-likeness (QED) is 0.417. The van der Waals surface area contributed by atoms with Crippen molar-refractivity contribution in [3.05, 3.63) is 16.8 Å². The molecular formula is C26H38N4O4SSi. The lowest BCUT2D eigenvalue weighted by molar-refractivity contribution is 0.0891. The fourth-order valence-corrected chi connectivity index (χ4v) is 7.59. The van der Waals surface area contributed by atoms with Gasteiger partial charge in [-0.25, -0.2) is 14.8 Å². The van der Waals surface area contributed by atoms with Crippen LogP contribution in [-0.4, -0.2) is 59.7 Å². The predicted molar refractivity (Wildman–Crippen MR) is 143 cm³/mol. The number of fused-ring (bicyclic) bond motifs is 3. The Morgan fingerprint density at radius 3 is 2.58 bits per heavy atom. The summed E-state index contributed by atoms with van der Waals surface area (Å²) in [5.74, 6) is 0.842. The first-order chi connectivity index (χ1) is 16.9. The zero-order valence-electron chi connectivity index (χ0n) is 22.2. The van der Waals surface area contributed by atoms with Gasteiger partial charge in [0.05, 0.1) is 11.5 Å². The summed E-state index contributed by atoms with van der Waals surface area (Å²) >= 11 is 1.71. The number of amides is 1. The number of aryl methyl sites for hydroxylation is 1. The van der Waals surface area contributed by atoms with Crippen LogP contribution in [0, 0.1) is 11.3 Å². The van der Waals surface area contributed by atoms with Crippen molar-refractivity contribution in [3.63, 3.8) is 0 Å². The Morgan fingerprint density at radius 1 is 1.28 bits per heavy atom. The highest BCUT2D eigenvalue weighted by Crippen LogP contribution is 2.48. The standard InChI is InChI=1S/C26H38N4O4SSi/c1-26(2,3)36(5,6)34-19(14-27)13-16-7-12-20-21(16)22-23(28-15-29-24(22)35-20)33-18-10-8-17(9-11-18)30(4)25(31)32/h15-19H,7-13H2,1-6H3,(H,31,32)/t16-,17?,18?,19?/m1/s1. The molecule has 2 aliphatic rings. The van der Waals surface area contributed by atoms with Gasteiger partial charge in [-0.1, -0.05) is 20.8 Å². The molecule has 4 rings (SSSR count). The highest BCUT2D eigenvalue weighted by molar-refractivity contribution is 7.19. The lowest BCUT2D eigenvalue weighted by atomic mass is 9.92. The molecule has 0 radical (unpaired) electrons. The van der Waals surface area contributed by atoms with Crippen LogP contribution in [0.4, 0.5) is 4.79 Å². The summed E-state index contributed by atoms with van der Waals surface area (Å²) in [5.41, 5.74) is 1.24. The fraction of sp³-hybridized carbons (Fsp3) is 0.692. The smallest absolute Gasteiger partial charge is 0.407 e. The molecule has 1 amide bonds. The van der Waals surface area contributed by atoms with Crippen molar-refractivity contribution in [2.75, 3.05) is 7.05 Å². The van der Waals surface area contributed by atoms with Gasteiger partial charge in [-0.15, -0.1) is 11.3 Å². The molecule has 1 N–H and O–H groups in total. The number of hydrogen-bond acceptors (Lipinski definition) is 7. The molecule has 2 aromatic heterocycles. The molecular weight excluding hydrogens is 492 g/mol. The highest BCUT2D eigenvalue weighted by atomic mass is 32.1. The van der Waals surface area contributed by atoms with Gasteiger partial charge in [0.15, 0.2) is 8.32 Å². The molecule has 0 bridgehead atoms. The number of nitriles is 1. The van der Waals surface area contributed by atoms with Crippen LogP contribution in [0.1, 0.15) is 75.7 Å². The predicted octanol–water partition coefficient (Wildman–Crippen LogP) is 6.32. The van der Waals surface area contributed by atoms with Crippen molar-refractivity contribution in [1.82, 2.24) is 14.9 Å². The number of nitrogens with zero attached hydrogens (tertiary/aromatic N) is 4. The van der Waals surface area contributed by atoms with Gasteiger partial charge in [0.2, 0.25) is 5.88 Å². The van der Waals surface area contributed by atoms with Gasteiger partial charge in [0, 0.05) is 18.0 Å². The lowest BCUT2D eigenvalue weighted by Gasteiger charge is -2.38. The Labute approximate surface area is 218 Å². The van der Waals surface area contributed by atoms with Crippen molar-refractivity contribution in [2.45, 2.75) is 108 Å². The Kier molecular flexibility index (Phi) is 7.65. The van der Waals surface area contributed by atoms with E-state index in [9.17, 15) is 15.2 Å². The molecule has 0 aliphatic heterocycles. The second-order valence-corrected chi connectivity index (χ2v) is 17.5. The van der Waals surface area contributed by atoms with Crippen LogP contribution in [-0.2, 0) is 10.8 Å². The molecule has 2 aliphatic carbocycles. The zero-order chi connectivity index (χ0) is 26.3. The van der Waals surface area contributed by atoms with Gasteiger partial charge < -0.3 is 19.2 Å². The second-order valence-electron chi connectivity index (χ2n) is 11.7.